The number of hydrogen-bond acceptors (Lipinski definition) is 0. The highest BCUT2D eigenvalue weighted by Crippen LogP contribution is 2.47. The van der Waals surface area contributed by atoms with Crippen LogP contribution in [0.1, 0.15) is 6.42 Å². The number of fused-ring (bicyclic) bond motifs is 1. The second kappa shape index (κ2) is 3.46. The van der Waals surface area contributed by atoms with Crippen LogP contribution in [0.5, 0.6) is 0 Å². The van der Waals surface area contributed by atoms with E-state index in [-0.39, 0.29) is 5.41 Å². The van der Waals surface area contributed by atoms with Crippen LogP contribution in [0.15, 0.2) is 71.9 Å². The lowest BCUT2D eigenvalue weighted by molar-refractivity contribution is 0.613. The minimum absolute atomic E-state index is 0.0812. The molecule has 4 rings (SSSR count). The Hall–Kier alpha value is -2.08. The Balaban J connectivity index is 2.09. The Kier molecular flexibility index (Phi) is 1.90. The molecule has 0 radical (unpaired) electrons. The molecule has 0 amide bonds. The van der Waals surface area contributed by atoms with E-state index in [2.05, 4.69) is 72.9 Å². The molecule has 1 unspecified atom stereocenters. The molecule has 0 N–H and O–H groups in total. The van der Waals surface area contributed by atoms with E-state index in [0.29, 0.717) is 0 Å². The van der Waals surface area contributed by atoms with Gasteiger partial charge in [-0.3, -0.25) is 0 Å². The first kappa shape index (κ1) is 9.90. The first-order chi connectivity index (χ1) is 8.88. The number of allylic oxidation sites excluding steroid dienone is 8. The van der Waals surface area contributed by atoms with Gasteiger partial charge in [0, 0.05) is 5.41 Å². The zero-order chi connectivity index (χ0) is 12.0. The third-order valence-electron chi connectivity index (χ3n) is 4.14. The van der Waals surface area contributed by atoms with Crippen molar-refractivity contribution < 1.29 is 0 Å². The van der Waals surface area contributed by atoms with Gasteiger partial charge in [-0.1, -0.05) is 66.8 Å². The smallest absolute Gasteiger partial charge is 0.0425 e. The molecular weight excluding hydrogens is 216 g/mol. The lowest BCUT2D eigenvalue weighted by atomic mass is 9.65. The summed E-state index contributed by atoms with van der Waals surface area (Å²) in [6.07, 6.45) is 19.2. The van der Waals surface area contributed by atoms with Crippen molar-refractivity contribution in [2.75, 3.05) is 0 Å². The average molecular weight is 230 g/mol. The molecule has 0 nitrogen and oxygen atoms in total. The third kappa shape index (κ3) is 1.20. The highest BCUT2D eigenvalue weighted by molar-refractivity contribution is 5.72. The normalized spacial score (nSPS) is 26.9. The van der Waals surface area contributed by atoms with Gasteiger partial charge < -0.3 is 0 Å². The summed E-state index contributed by atoms with van der Waals surface area (Å²) in [6.45, 7) is 0. The predicted molar refractivity (Wildman–Crippen MR) is 76.1 cm³/mol. The summed E-state index contributed by atoms with van der Waals surface area (Å²) in [5, 5.41) is 2.68. The Morgan fingerprint density at radius 2 is 1.72 bits per heavy atom. The Bertz CT molecular complexity index is 753. The number of benzene rings is 1. The minimum atomic E-state index is 0.0812. The molecule has 0 aliphatic heterocycles. The van der Waals surface area contributed by atoms with Crippen molar-refractivity contribution in [3.05, 3.63) is 82.3 Å². The second-order valence-corrected chi connectivity index (χ2v) is 5.12. The fourth-order valence-corrected chi connectivity index (χ4v) is 3.19. The summed E-state index contributed by atoms with van der Waals surface area (Å²) >= 11 is 0. The van der Waals surface area contributed by atoms with Crippen LogP contribution in [0.4, 0.5) is 0 Å². The first-order valence-corrected chi connectivity index (χ1v) is 6.44. The first-order valence-electron chi connectivity index (χ1n) is 6.44. The van der Waals surface area contributed by atoms with Crippen molar-refractivity contribution in [1.82, 2.24) is 0 Å². The summed E-state index contributed by atoms with van der Waals surface area (Å²) in [5.74, 6) is 0. The van der Waals surface area contributed by atoms with Crippen LogP contribution in [0.2, 0.25) is 0 Å². The topological polar surface area (TPSA) is 0 Å². The highest BCUT2D eigenvalue weighted by atomic mass is 14.4. The summed E-state index contributed by atoms with van der Waals surface area (Å²) in [5.41, 5.74) is 2.91. The van der Waals surface area contributed by atoms with Crippen LogP contribution in [0.25, 0.3) is 12.2 Å². The van der Waals surface area contributed by atoms with Gasteiger partial charge in [0.25, 0.3) is 0 Å². The molecule has 0 bridgehead atoms. The lowest BCUT2D eigenvalue weighted by Gasteiger charge is -2.38. The molecule has 3 aliphatic carbocycles. The average Bonchev–Trinajstić information content (AvgIpc) is 2.43. The van der Waals surface area contributed by atoms with E-state index in [1.165, 1.54) is 21.6 Å². The van der Waals surface area contributed by atoms with E-state index in [1.807, 2.05) is 0 Å². The van der Waals surface area contributed by atoms with Gasteiger partial charge in [0.1, 0.15) is 0 Å². The molecule has 0 heteroatoms. The van der Waals surface area contributed by atoms with Gasteiger partial charge in [-0.2, -0.15) is 0 Å². The van der Waals surface area contributed by atoms with Crippen LogP contribution in [-0.2, 0) is 0 Å². The van der Waals surface area contributed by atoms with Gasteiger partial charge in [-0.05, 0) is 34.1 Å². The van der Waals surface area contributed by atoms with Crippen molar-refractivity contribution in [2.24, 2.45) is 5.41 Å². The molecule has 1 aromatic rings. The minimum Gasteiger partial charge on any atom is -0.0830 e. The van der Waals surface area contributed by atoms with Crippen LogP contribution in [0.3, 0.4) is 0 Å². The van der Waals surface area contributed by atoms with E-state index in [1.54, 1.807) is 0 Å². The van der Waals surface area contributed by atoms with Gasteiger partial charge in [-0.25, -0.2) is 0 Å². The summed E-state index contributed by atoms with van der Waals surface area (Å²) in [7, 11) is 0. The van der Waals surface area contributed by atoms with Gasteiger partial charge in [0.2, 0.25) is 0 Å². The molecule has 3 aliphatic rings. The van der Waals surface area contributed by atoms with Crippen molar-refractivity contribution in [2.45, 2.75) is 6.42 Å². The van der Waals surface area contributed by atoms with Gasteiger partial charge in [-0.15, -0.1) is 0 Å². The van der Waals surface area contributed by atoms with Crippen molar-refractivity contribution in [3.8, 4) is 0 Å². The van der Waals surface area contributed by atoms with E-state index >= 15 is 0 Å². The maximum atomic E-state index is 2.44. The maximum absolute atomic E-state index is 2.44. The molecule has 18 heavy (non-hydrogen) atoms. The SMILES string of the molecule is C1=CCC23C=c4ccccc4=CC2=CC=CC3=C1. The summed E-state index contributed by atoms with van der Waals surface area (Å²) in [6, 6.07) is 8.64. The van der Waals surface area contributed by atoms with E-state index in [9.17, 15) is 0 Å². The van der Waals surface area contributed by atoms with Crippen LogP contribution < -0.4 is 10.4 Å². The molecular formula is C18H14. The number of hydrogen-bond donors (Lipinski definition) is 0. The monoisotopic (exact) mass is 230 g/mol. The standard InChI is InChI=1S/C18H14/c1-2-7-15-13-18-11-4-3-8-16(18)9-5-10-17(18)12-14(15)6-1/h1-10,12-13H,11H2. The Morgan fingerprint density at radius 3 is 2.67 bits per heavy atom. The van der Waals surface area contributed by atoms with Crippen molar-refractivity contribution in [3.63, 3.8) is 0 Å². The highest BCUT2D eigenvalue weighted by Gasteiger charge is 2.36. The maximum Gasteiger partial charge on any atom is 0.0425 e. The zero-order valence-electron chi connectivity index (χ0n) is 10.1. The van der Waals surface area contributed by atoms with Crippen LogP contribution in [0, 0.1) is 5.41 Å². The van der Waals surface area contributed by atoms with E-state index in [0.717, 1.165) is 6.42 Å². The quantitative estimate of drug-likeness (QED) is 0.642. The second-order valence-electron chi connectivity index (χ2n) is 5.12. The van der Waals surface area contributed by atoms with Crippen LogP contribution >= 0.6 is 0 Å². The van der Waals surface area contributed by atoms with Crippen molar-refractivity contribution in [1.29, 1.82) is 0 Å². The van der Waals surface area contributed by atoms with Crippen molar-refractivity contribution >= 4 is 12.2 Å². The summed E-state index contributed by atoms with van der Waals surface area (Å²) < 4.78 is 0. The Labute approximate surface area is 107 Å². The van der Waals surface area contributed by atoms with Gasteiger partial charge in [0.15, 0.2) is 0 Å². The molecule has 0 aromatic heterocycles. The fourth-order valence-electron chi connectivity index (χ4n) is 3.19. The molecule has 1 aromatic carbocycles. The Morgan fingerprint density at radius 1 is 0.889 bits per heavy atom. The van der Waals surface area contributed by atoms with E-state index < -0.39 is 0 Å². The molecule has 0 saturated carbocycles. The molecule has 0 heterocycles. The zero-order valence-corrected chi connectivity index (χ0v) is 10.1. The van der Waals surface area contributed by atoms with Gasteiger partial charge in [0.05, 0.1) is 0 Å². The fraction of sp³-hybridized carbons (Fsp3) is 0.111. The molecule has 0 fully saturated rings. The molecule has 86 valence electrons. The molecule has 0 saturated heterocycles. The summed E-state index contributed by atoms with van der Waals surface area (Å²) in [4.78, 5) is 0. The number of rotatable bonds is 0. The van der Waals surface area contributed by atoms with E-state index in [4.69, 9.17) is 0 Å². The van der Waals surface area contributed by atoms with Gasteiger partial charge >= 0.3 is 0 Å². The third-order valence-corrected chi connectivity index (χ3v) is 4.14. The predicted octanol–water partition coefficient (Wildman–Crippen LogP) is 2.63. The largest absolute Gasteiger partial charge is 0.0830 e. The molecule has 1 atom stereocenters. The lowest BCUT2D eigenvalue weighted by Crippen LogP contribution is -2.37. The van der Waals surface area contributed by atoms with Crippen LogP contribution in [-0.4, -0.2) is 0 Å². The molecule has 1 spiro atoms.